The van der Waals surface area contributed by atoms with Crippen LogP contribution in [0, 0.1) is 0 Å². The second-order valence-corrected chi connectivity index (χ2v) is 6.90. The van der Waals surface area contributed by atoms with Crippen LogP contribution in [0.2, 0.25) is 0 Å². The van der Waals surface area contributed by atoms with E-state index in [9.17, 15) is 41.4 Å². The molecule has 0 spiro atoms. The molecule has 2 aromatic carbocycles. The molecule has 1 heterocycles. The Morgan fingerprint density at radius 1 is 0.969 bits per heavy atom. The highest BCUT2D eigenvalue weighted by atomic mass is 19.4. The number of carbonyl (C=O) groups is 1. The summed E-state index contributed by atoms with van der Waals surface area (Å²) >= 11 is 0. The highest BCUT2D eigenvalue weighted by Gasteiger charge is 2.38. The van der Waals surface area contributed by atoms with Crippen molar-refractivity contribution >= 4 is 16.9 Å². The van der Waals surface area contributed by atoms with Gasteiger partial charge in [-0.25, -0.2) is 4.98 Å². The quantitative estimate of drug-likeness (QED) is 0.466. The molecule has 2 atom stereocenters. The van der Waals surface area contributed by atoms with Crippen LogP contribution in [0.1, 0.15) is 34.5 Å². The third-order valence-corrected chi connectivity index (χ3v) is 4.72. The van der Waals surface area contributed by atoms with Gasteiger partial charge in [-0.15, -0.1) is 0 Å². The van der Waals surface area contributed by atoms with Gasteiger partial charge >= 0.3 is 18.3 Å². The van der Waals surface area contributed by atoms with Crippen molar-refractivity contribution in [3.63, 3.8) is 0 Å². The zero-order valence-corrected chi connectivity index (χ0v) is 16.1. The zero-order valence-electron chi connectivity index (χ0n) is 16.1. The maximum atomic E-state index is 13.3. The number of carboxylic acid groups (broad SMARTS) is 1. The lowest BCUT2D eigenvalue weighted by Crippen LogP contribution is -2.32. The van der Waals surface area contributed by atoms with E-state index in [1.54, 1.807) is 18.2 Å². The minimum absolute atomic E-state index is 0.321. The Labute approximate surface area is 177 Å². The molecule has 0 fully saturated rings. The molecule has 0 saturated heterocycles. The Hall–Kier alpha value is -3.18. The SMILES string of the molecule is O=C(O)C(NCC(O)c1cc(C(F)(F)F)nc2c(C(F)(F)F)cccc12)c1ccccc1. The highest BCUT2D eigenvalue weighted by molar-refractivity contribution is 5.86. The zero-order chi connectivity index (χ0) is 23.7. The van der Waals surface area contributed by atoms with Crippen LogP contribution in [0.15, 0.2) is 54.6 Å². The van der Waals surface area contributed by atoms with Gasteiger partial charge in [0.15, 0.2) is 0 Å². The Morgan fingerprint density at radius 2 is 1.62 bits per heavy atom. The number of para-hydroxylation sites is 1. The van der Waals surface area contributed by atoms with Crippen molar-refractivity contribution in [1.29, 1.82) is 0 Å². The number of aliphatic hydroxyl groups is 1. The van der Waals surface area contributed by atoms with Crippen molar-refractivity contribution in [1.82, 2.24) is 10.3 Å². The number of nitrogens with zero attached hydrogens (tertiary/aromatic N) is 1. The molecular weight excluding hydrogens is 442 g/mol. The predicted molar refractivity (Wildman–Crippen MR) is 102 cm³/mol. The fraction of sp³-hybridized carbons (Fsp3) is 0.238. The first-order valence-corrected chi connectivity index (χ1v) is 9.17. The summed E-state index contributed by atoms with van der Waals surface area (Å²) < 4.78 is 80.0. The predicted octanol–water partition coefficient (Wildman–Crippen LogP) is 4.72. The van der Waals surface area contributed by atoms with E-state index in [2.05, 4.69) is 10.3 Å². The minimum Gasteiger partial charge on any atom is -0.480 e. The largest absolute Gasteiger partial charge is 0.480 e. The summed E-state index contributed by atoms with van der Waals surface area (Å²) in [4.78, 5) is 14.7. The molecule has 0 aliphatic heterocycles. The van der Waals surface area contributed by atoms with Crippen molar-refractivity contribution in [2.75, 3.05) is 6.54 Å². The van der Waals surface area contributed by atoms with Gasteiger partial charge in [0.05, 0.1) is 17.2 Å². The second-order valence-electron chi connectivity index (χ2n) is 6.90. The molecular formula is C21H16F6N2O3. The molecule has 0 aliphatic rings. The first kappa shape index (κ1) is 23.5. The molecule has 5 nitrogen and oxygen atoms in total. The summed E-state index contributed by atoms with van der Waals surface area (Å²) in [7, 11) is 0. The molecule has 32 heavy (non-hydrogen) atoms. The number of hydrogen-bond acceptors (Lipinski definition) is 4. The van der Waals surface area contributed by atoms with Gasteiger partial charge in [-0.2, -0.15) is 26.3 Å². The normalized spacial score (nSPS) is 14.3. The van der Waals surface area contributed by atoms with Crippen molar-refractivity contribution in [2.45, 2.75) is 24.5 Å². The van der Waals surface area contributed by atoms with E-state index in [1.807, 2.05) is 0 Å². The molecule has 2 unspecified atom stereocenters. The molecule has 0 radical (unpaired) electrons. The third-order valence-electron chi connectivity index (χ3n) is 4.72. The van der Waals surface area contributed by atoms with Crippen LogP contribution in [0.4, 0.5) is 26.3 Å². The molecule has 0 aliphatic carbocycles. The van der Waals surface area contributed by atoms with E-state index < -0.39 is 59.3 Å². The Bertz CT molecular complexity index is 1120. The summed E-state index contributed by atoms with van der Waals surface area (Å²) in [5.41, 5.74) is -4.08. The van der Waals surface area contributed by atoms with Gasteiger partial charge in [0, 0.05) is 11.9 Å². The van der Waals surface area contributed by atoms with E-state index >= 15 is 0 Å². The first-order chi connectivity index (χ1) is 14.9. The van der Waals surface area contributed by atoms with Gasteiger partial charge in [-0.05, 0) is 23.3 Å². The molecule has 3 N–H and O–H groups in total. The van der Waals surface area contributed by atoms with Crippen LogP contribution in [0.25, 0.3) is 10.9 Å². The maximum Gasteiger partial charge on any atom is 0.433 e. The molecule has 11 heteroatoms. The van der Waals surface area contributed by atoms with Crippen molar-refractivity contribution in [3.8, 4) is 0 Å². The number of aliphatic hydroxyl groups excluding tert-OH is 1. The molecule has 1 aromatic heterocycles. The number of carboxylic acids is 1. The first-order valence-electron chi connectivity index (χ1n) is 9.17. The van der Waals surface area contributed by atoms with Crippen molar-refractivity contribution in [2.24, 2.45) is 0 Å². The number of alkyl halides is 6. The van der Waals surface area contributed by atoms with Crippen molar-refractivity contribution in [3.05, 3.63) is 77.0 Å². The standard InChI is InChI=1S/C21H16F6N2O3/c22-20(23,24)14-8-4-7-12-13(9-16(21(25,26)27)29-18(12)14)15(30)10-28-17(19(31)32)11-5-2-1-3-6-11/h1-9,15,17,28,30H,10H2,(H,31,32). The third kappa shape index (κ3) is 5.00. The molecule has 0 saturated carbocycles. The minimum atomic E-state index is -5.07. The second kappa shape index (κ2) is 8.75. The number of hydrogen-bond donors (Lipinski definition) is 3. The van der Waals surface area contributed by atoms with E-state index in [-0.39, 0.29) is 5.39 Å². The number of pyridine rings is 1. The van der Waals surface area contributed by atoms with E-state index in [1.165, 1.54) is 12.1 Å². The lowest BCUT2D eigenvalue weighted by molar-refractivity contribution is -0.142. The molecule has 0 amide bonds. The van der Waals surface area contributed by atoms with Crippen LogP contribution in [-0.4, -0.2) is 27.7 Å². The van der Waals surface area contributed by atoms with Gasteiger partial charge < -0.3 is 10.2 Å². The van der Waals surface area contributed by atoms with Gasteiger partial charge in [-0.1, -0.05) is 42.5 Å². The number of fused-ring (bicyclic) bond motifs is 1. The van der Waals surface area contributed by atoms with Crippen LogP contribution in [0.5, 0.6) is 0 Å². The number of nitrogens with one attached hydrogen (secondary N) is 1. The monoisotopic (exact) mass is 458 g/mol. The van der Waals surface area contributed by atoms with Gasteiger partial charge in [-0.3, -0.25) is 10.1 Å². The maximum absolute atomic E-state index is 13.3. The lowest BCUT2D eigenvalue weighted by Gasteiger charge is -2.21. The average molecular weight is 458 g/mol. The van der Waals surface area contributed by atoms with Crippen LogP contribution >= 0.6 is 0 Å². The van der Waals surface area contributed by atoms with E-state index in [0.717, 1.165) is 12.1 Å². The van der Waals surface area contributed by atoms with E-state index in [0.29, 0.717) is 17.7 Å². The Kier molecular flexibility index (Phi) is 6.42. The Balaban J connectivity index is 2.04. The fourth-order valence-electron chi connectivity index (χ4n) is 3.26. The molecule has 170 valence electrons. The highest BCUT2D eigenvalue weighted by Crippen LogP contribution is 2.38. The average Bonchev–Trinajstić information content (AvgIpc) is 2.71. The van der Waals surface area contributed by atoms with Crippen LogP contribution in [-0.2, 0) is 17.1 Å². The Morgan fingerprint density at radius 3 is 2.19 bits per heavy atom. The number of aromatic nitrogens is 1. The summed E-state index contributed by atoms with van der Waals surface area (Å²) in [6.45, 7) is -0.543. The summed E-state index contributed by atoms with van der Waals surface area (Å²) in [5.74, 6) is -1.31. The van der Waals surface area contributed by atoms with Gasteiger partial charge in [0.25, 0.3) is 0 Å². The number of halogens is 6. The topological polar surface area (TPSA) is 82.5 Å². The smallest absolute Gasteiger partial charge is 0.433 e. The van der Waals surface area contributed by atoms with Crippen molar-refractivity contribution < 1.29 is 41.4 Å². The number of benzene rings is 2. The van der Waals surface area contributed by atoms with E-state index in [4.69, 9.17) is 0 Å². The van der Waals surface area contributed by atoms with Gasteiger partial charge in [0.2, 0.25) is 0 Å². The lowest BCUT2D eigenvalue weighted by atomic mass is 9.99. The van der Waals surface area contributed by atoms with Crippen LogP contribution in [0.3, 0.4) is 0 Å². The number of aliphatic carboxylic acids is 1. The van der Waals surface area contributed by atoms with Gasteiger partial charge in [0.1, 0.15) is 11.7 Å². The summed E-state index contributed by atoms with van der Waals surface area (Å²) in [6.07, 6.45) is -11.8. The summed E-state index contributed by atoms with van der Waals surface area (Å²) in [6, 6.07) is 9.67. The van der Waals surface area contributed by atoms with Crippen LogP contribution < -0.4 is 5.32 Å². The fourth-order valence-corrected chi connectivity index (χ4v) is 3.26. The number of rotatable bonds is 6. The summed E-state index contributed by atoms with van der Waals surface area (Å²) in [5, 5.41) is 22.2. The molecule has 3 rings (SSSR count). The molecule has 3 aromatic rings. The molecule has 0 bridgehead atoms.